The quantitative estimate of drug-likeness (QED) is 0.354. The molecule has 0 amide bonds. The maximum absolute atomic E-state index is 10.1. The second-order valence-corrected chi connectivity index (χ2v) is 6.29. The zero-order valence-electron chi connectivity index (χ0n) is 10.5. The number of hydrogen-bond donors (Lipinski definition) is 0. The molecule has 0 fully saturated rings. The molecule has 0 saturated heterocycles. The van der Waals surface area contributed by atoms with E-state index in [1.165, 1.54) is 6.08 Å². The second kappa shape index (κ2) is 8.61. The smallest absolute Gasteiger partial charge is 0.374 e. The standard InChI is InChI=1S/C10H21NO4Si/c1-5-13-16(14-6-2,15-7-3)10(4)8-11-9-12/h10H,5-8H2,1-4H3. The van der Waals surface area contributed by atoms with Gasteiger partial charge in [-0.3, -0.25) is 0 Å². The van der Waals surface area contributed by atoms with Gasteiger partial charge in [-0.05, 0) is 20.8 Å². The molecule has 0 aromatic heterocycles. The Morgan fingerprint density at radius 1 is 1.12 bits per heavy atom. The molecule has 0 radical (unpaired) electrons. The van der Waals surface area contributed by atoms with Crippen molar-refractivity contribution < 1.29 is 18.1 Å². The summed E-state index contributed by atoms with van der Waals surface area (Å²) < 4.78 is 17.0. The predicted octanol–water partition coefficient (Wildman–Crippen LogP) is 1.76. The van der Waals surface area contributed by atoms with Gasteiger partial charge in [-0.2, -0.15) is 0 Å². The normalized spacial score (nSPS) is 13.2. The van der Waals surface area contributed by atoms with E-state index >= 15 is 0 Å². The fraction of sp³-hybridized carbons (Fsp3) is 0.900. The Hall–Kier alpha value is -0.523. The van der Waals surface area contributed by atoms with Crippen molar-refractivity contribution in [1.82, 2.24) is 0 Å². The van der Waals surface area contributed by atoms with Crippen molar-refractivity contribution in [1.29, 1.82) is 0 Å². The molecule has 0 aliphatic rings. The molecule has 5 nitrogen and oxygen atoms in total. The molecule has 0 aliphatic carbocycles. The first-order valence-corrected chi connectivity index (χ1v) is 7.42. The Balaban J connectivity index is 4.73. The van der Waals surface area contributed by atoms with Crippen LogP contribution in [0.25, 0.3) is 0 Å². The molecule has 1 unspecified atom stereocenters. The number of nitrogens with zero attached hydrogens (tertiary/aromatic N) is 1. The average molecular weight is 247 g/mol. The van der Waals surface area contributed by atoms with Crippen LogP contribution < -0.4 is 0 Å². The Kier molecular flexibility index (Phi) is 8.33. The molecule has 6 heteroatoms. The number of carbonyl (C=O) groups excluding carboxylic acids is 1. The summed E-state index contributed by atoms with van der Waals surface area (Å²) in [7, 11) is -2.71. The van der Waals surface area contributed by atoms with Crippen LogP contribution in [0.5, 0.6) is 0 Å². The first-order chi connectivity index (χ1) is 7.66. The van der Waals surface area contributed by atoms with Crippen LogP contribution in [0.3, 0.4) is 0 Å². The maximum atomic E-state index is 10.1. The average Bonchev–Trinajstić information content (AvgIpc) is 2.26. The van der Waals surface area contributed by atoms with Crippen molar-refractivity contribution in [3.63, 3.8) is 0 Å². The third-order valence-corrected chi connectivity index (χ3v) is 5.53. The maximum Gasteiger partial charge on any atom is 0.505 e. The van der Waals surface area contributed by atoms with E-state index in [4.69, 9.17) is 13.3 Å². The first-order valence-electron chi connectivity index (χ1n) is 5.62. The van der Waals surface area contributed by atoms with Gasteiger partial charge in [-0.15, -0.1) is 0 Å². The largest absolute Gasteiger partial charge is 0.505 e. The zero-order chi connectivity index (χ0) is 12.4. The minimum absolute atomic E-state index is 0.0335. The highest BCUT2D eigenvalue weighted by Crippen LogP contribution is 2.25. The molecule has 0 aromatic rings. The van der Waals surface area contributed by atoms with Crippen molar-refractivity contribution >= 4 is 14.9 Å². The molecule has 0 spiro atoms. The Morgan fingerprint density at radius 3 is 1.88 bits per heavy atom. The van der Waals surface area contributed by atoms with Gasteiger partial charge in [0.15, 0.2) is 0 Å². The molecule has 0 aliphatic heterocycles. The molecule has 0 aromatic carbocycles. The fourth-order valence-electron chi connectivity index (χ4n) is 1.44. The van der Waals surface area contributed by atoms with E-state index in [2.05, 4.69) is 4.99 Å². The summed E-state index contributed by atoms with van der Waals surface area (Å²) in [5, 5.41) is 0. The van der Waals surface area contributed by atoms with Gasteiger partial charge < -0.3 is 13.3 Å². The molecule has 0 saturated carbocycles. The highest BCUT2D eigenvalue weighted by Gasteiger charge is 2.46. The van der Waals surface area contributed by atoms with E-state index in [0.29, 0.717) is 26.4 Å². The topological polar surface area (TPSA) is 57.1 Å². The third-order valence-electron chi connectivity index (χ3n) is 2.07. The summed E-state index contributed by atoms with van der Waals surface area (Å²) >= 11 is 0. The van der Waals surface area contributed by atoms with Gasteiger partial charge >= 0.3 is 8.80 Å². The Morgan fingerprint density at radius 2 is 1.56 bits per heavy atom. The SMILES string of the molecule is CCO[Si](OCC)(OCC)C(C)CN=C=O. The molecular weight excluding hydrogens is 226 g/mol. The second-order valence-electron chi connectivity index (χ2n) is 3.24. The summed E-state index contributed by atoms with van der Waals surface area (Å²) in [5.41, 5.74) is -0.0335. The molecule has 0 N–H and O–H groups in total. The molecule has 16 heavy (non-hydrogen) atoms. The van der Waals surface area contributed by atoms with Crippen LogP contribution in [0.15, 0.2) is 4.99 Å². The van der Waals surface area contributed by atoms with E-state index in [1.54, 1.807) is 0 Å². The predicted molar refractivity (Wildman–Crippen MR) is 63.0 cm³/mol. The van der Waals surface area contributed by atoms with Crippen LogP contribution >= 0.6 is 0 Å². The lowest BCUT2D eigenvalue weighted by molar-refractivity contribution is 0.0633. The zero-order valence-corrected chi connectivity index (χ0v) is 11.5. The summed E-state index contributed by atoms with van der Waals surface area (Å²) in [6.45, 7) is 9.54. The molecule has 1 atom stereocenters. The molecule has 0 rings (SSSR count). The summed E-state index contributed by atoms with van der Waals surface area (Å²) in [4.78, 5) is 13.7. The van der Waals surface area contributed by atoms with Crippen molar-refractivity contribution in [3.8, 4) is 0 Å². The Bertz CT molecular complexity index is 214. The van der Waals surface area contributed by atoms with E-state index in [-0.39, 0.29) is 5.54 Å². The van der Waals surface area contributed by atoms with E-state index in [0.717, 1.165) is 0 Å². The first kappa shape index (κ1) is 15.5. The Labute approximate surface area is 98.2 Å². The summed E-state index contributed by atoms with van der Waals surface area (Å²) in [6, 6.07) is 0. The lowest BCUT2D eigenvalue weighted by Crippen LogP contribution is -2.50. The van der Waals surface area contributed by atoms with Gasteiger partial charge in [0.1, 0.15) is 0 Å². The minimum atomic E-state index is -2.71. The molecule has 94 valence electrons. The van der Waals surface area contributed by atoms with E-state index in [9.17, 15) is 4.79 Å². The number of rotatable bonds is 9. The van der Waals surface area contributed by atoms with Crippen LogP contribution in [0.4, 0.5) is 0 Å². The van der Waals surface area contributed by atoms with Crippen molar-refractivity contribution in [2.24, 2.45) is 4.99 Å². The summed E-state index contributed by atoms with van der Waals surface area (Å²) in [6.07, 6.45) is 1.53. The van der Waals surface area contributed by atoms with Crippen molar-refractivity contribution in [3.05, 3.63) is 0 Å². The van der Waals surface area contributed by atoms with Gasteiger partial charge in [0.25, 0.3) is 0 Å². The summed E-state index contributed by atoms with van der Waals surface area (Å²) in [5.74, 6) is 0. The van der Waals surface area contributed by atoms with Gasteiger partial charge in [0.05, 0.1) is 6.54 Å². The monoisotopic (exact) mass is 247 g/mol. The lowest BCUT2D eigenvalue weighted by Gasteiger charge is -2.32. The van der Waals surface area contributed by atoms with Crippen LogP contribution in [0.1, 0.15) is 27.7 Å². The van der Waals surface area contributed by atoms with Gasteiger partial charge in [-0.25, -0.2) is 9.79 Å². The third kappa shape index (κ3) is 4.55. The number of isocyanates is 1. The highest BCUT2D eigenvalue weighted by molar-refractivity contribution is 6.62. The number of hydrogen-bond acceptors (Lipinski definition) is 5. The van der Waals surface area contributed by atoms with Gasteiger partial charge in [0, 0.05) is 25.4 Å². The molecular formula is C10H21NO4Si. The van der Waals surface area contributed by atoms with Crippen LogP contribution in [-0.2, 0) is 18.1 Å². The fourth-order valence-corrected chi connectivity index (χ4v) is 4.07. The van der Waals surface area contributed by atoms with Crippen LogP contribution in [0.2, 0.25) is 5.54 Å². The minimum Gasteiger partial charge on any atom is -0.374 e. The number of aliphatic imine (C=N–C) groups is 1. The van der Waals surface area contributed by atoms with Crippen molar-refractivity contribution in [2.45, 2.75) is 33.2 Å². The molecule has 0 heterocycles. The van der Waals surface area contributed by atoms with E-state index in [1.807, 2.05) is 27.7 Å². The van der Waals surface area contributed by atoms with E-state index < -0.39 is 8.80 Å². The van der Waals surface area contributed by atoms with Gasteiger partial charge in [0.2, 0.25) is 6.08 Å². The molecule has 0 bridgehead atoms. The van der Waals surface area contributed by atoms with Gasteiger partial charge in [-0.1, -0.05) is 6.92 Å². The van der Waals surface area contributed by atoms with Crippen LogP contribution in [0, 0.1) is 0 Å². The van der Waals surface area contributed by atoms with Crippen molar-refractivity contribution in [2.75, 3.05) is 26.4 Å². The highest BCUT2D eigenvalue weighted by atomic mass is 28.4. The van der Waals surface area contributed by atoms with Crippen LogP contribution in [-0.4, -0.2) is 41.2 Å². The lowest BCUT2D eigenvalue weighted by atomic mass is 10.5.